The van der Waals surface area contributed by atoms with Crippen molar-refractivity contribution < 1.29 is 4.74 Å². The normalized spacial score (nSPS) is 26.0. The molecule has 2 heterocycles. The quantitative estimate of drug-likeness (QED) is 0.718. The summed E-state index contributed by atoms with van der Waals surface area (Å²) in [5.41, 5.74) is 2.76. The molecule has 2 aliphatic rings. The minimum atomic E-state index is 0.447. The van der Waals surface area contributed by atoms with Gasteiger partial charge in [0, 0.05) is 12.1 Å². The first-order valence-electron chi connectivity index (χ1n) is 9.83. The molecule has 3 atom stereocenters. The Morgan fingerprint density at radius 1 is 0.800 bits per heavy atom. The minimum absolute atomic E-state index is 0.447. The molecular formula is C23H29NO. The first kappa shape index (κ1) is 16.8. The number of aryl methyl sites for hydroxylation is 1. The number of ether oxygens (including phenoxy) is 1. The van der Waals surface area contributed by atoms with Gasteiger partial charge in [0.1, 0.15) is 0 Å². The van der Waals surface area contributed by atoms with Crippen LogP contribution in [-0.4, -0.2) is 29.6 Å². The van der Waals surface area contributed by atoms with E-state index in [9.17, 15) is 0 Å². The number of piperidine rings is 1. The third-order valence-corrected chi connectivity index (χ3v) is 5.89. The Kier molecular flexibility index (Phi) is 5.49. The molecule has 132 valence electrons. The van der Waals surface area contributed by atoms with Gasteiger partial charge in [-0.15, -0.1) is 0 Å². The van der Waals surface area contributed by atoms with Gasteiger partial charge in [0.05, 0.1) is 12.7 Å². The maximum Gasteiger partial charge on any atom is 0.0720 e. The fraction of sp³-hybridized carbons (Fsp3) is 0.478. The number of hydrogen-bond acceptors (Lipinski definition) is 2. The highest BCUT2D eigenvalue weighted by atomic mass is 16.5. The van der Waals surface area contributed by atoms with Crippen molar-refractivity contribution in [2.24, 2.45) is 0 Å². The molecule has 25 heavy (non-hydrogen) atoms. The summed E-state index contributed by atoms with van der Waals surface area (Å²) in [6.07, 6.45) is 8.08. The van der Waals surface area contributed by atoms with Gasteiger partial charge in [-0.25, -0.2) is 0 Å². The Morgan fingerprint density at radius 3 is 2.04 bits per heavy atom. The topological polar surface area (TPSA) is 12.5 Å². The first-order chi connectivity index (χ1) is 12.4. The van der Waals surface area contributed by atoms with E-state index >= 15 is 0 Å². The molecule has 0 spiro atoms. The smallest absolute Gasteiger partial charge is 0.0720 e. The highest BCUT2D eigenvalue weighted by Gasteiger charge is 2.40. The Labute approximate surface area is 151 Å². The van der Waals surface area contributed by atoms with Crippen LogP contribution in [0.3, 0.4) is 0 Å². The van der Waals surface area contributed by atoms with Crippen LogP contribution in [0.15, 0.2) is 60.7 Å². The number of fused-ring (bicyclic) bond motifs is 2. The van der Waals surface area contributed by atoms with E-state index in [4.69, 9.17) is 4.74 Å². The predicted octanol–water partition coefficient (Wildman–Crippen LogP) is 4.83. The van der Waals surface area contributed by atoms with Crippen molar-refractivity contribution in [1.29, 1.82) is 0 Å². The number of benzene rings is 2. The summed E-state index contributed by atoms with van der Waals surface area (Å²) >= 11 is 0. The molecule has 0 amide bonds. The number of nitrogens with zero attached hydrogens (tertiary/aromatic N) is 1. The van der Waals surface area contributed by atoms with Crippen molar-refractivity contribution in [2.45, 2.75) is 63.3 Å². The second-order valence-corrected chi connectivity index (χ2v) is 7.60. The summed E-state index contributed by atoms with van der Waals surface area (Å²) < 4.78 is 6.25. The van der Waals surface area contributed by atoms with Crippen LogP contribution in [0.5, 0.6) is 0 Å². The van der Waals surface area contributed by atoms with Gasteiger partial charge in [-0.2, -0.15) is 0 Å². The Hall–Kier alpha value is -1.64. The zero-order valence-electron chi connectivity index (χ0n) is 15.0. The Balaban J connectivity index is 1.24. The average Bonchev–Trinajstić information content (AvgIpc) is 2.90. The van der Waals surface area contributed by atoms with Gasteiger partial charge in [-0.1, -0.05) is 60.7 Å². The molecule has 0 aliphatic carbocycles. The van der Waals surface area contributed by atoms with E-state index in [-0.39, 0.29) is 0 Å². The largest absolute Gasteiger partial charge is 0.373 e. The highest BCUT2D eigenvalue weighted by molar-refractivity contribution is 5.15. The lowest BCUT2D eigenvalue weighted by Crippen LogP contribution is -2.45. The molecule has 2 nitrogen and oxygen atoms in total. The van der Waals surface area contributed by atoms with Crippen LogP contribution in [0.4, 0.5) is 0 Å². The fourth-order valence-electron chi connectivity index (χ4n) is 4.62. The van der Waals surface area contributed by atoms with Gasteiger partial charge in [0.2, 0.25) is 0 Å². The summed E-state index contributed by atoms with van der Waals surface area (Å²) in [6, 6.07) is 23.0. The van der Waals surface area contributed by atoms with Crippen LogP contribution in [-0.2, 0) is 17.8 Å². The van der Waals surface area contributed by atoms with Crippen molar-refractivity contribution in [1.82, 2.24) is 4.90 Å². The summed E-state index contributed by atoms with van der Waals surface area (Å²) in [5, 5.41) is 0. The molecule has 2 aromatic rings. The molecule has 2 aliphatic heterocycles. The van der Waals surface area contributed by atoms with Crippen LogP contribution < -0.4 is 0 Å². The van der Waals surface area contributed by atoms with E-state index in [2.05, 4.69) is 65.6 Å². The third kappa shape index (κ3) is 4.31. The number of hydrogen-bond donors (Lipinski definition) is 0. The van der Waals surface area contributed by atoms with E-state index in [1.807, 2.05) is 0 Å². The zero-order chi connectivity index (χ0) is 16.9. The van der Waals surface area contributed by atoms with Crippen LogP contribution in [0.2, 0.25) is 0 Å². The predicted molar refractivity (Wildman–Crippen MR) is 103 cm³/mol. The maximum atomic E-state index is 6.25. The van der Waals surface area contributed by atoms with Crippen molar-refractivity contribution in [3.8, 4) is 0 Å². The second-order valence-electron chi connectivity index (χ2n) is 7.60. The Bertz CT molecular complexity index is 628. The van der Waals surface area contributed by atoms with E-state index in [1.165, 1.54) is 56.2 Å². The van der Waals surface area contributed by atoms with Crippen LogP contribution >= 0.6 is 0 Å². The SMILES string of the molecule is c1ccc(CCCN2[C@@H]3CC[C@H]2CC(OCc2ccccc2)C3)cc1. The maximum absolute atomic E-state index is 6.25. The molecule has 4 rings (SSSR count). The summed E-state index contributed by atoms with van der Waals surface area (Å²) in [7, 11) is 0. The Morgan fingerprint density at radius 2 is 1.40 bits per heavy atom. The lowest BCUT2D eigenvalue weighted by Gasteiger charge is -2.39. The molecule has 2 bridgehead atoms. The highest BCUT2D eigenvalue weighted by Crippen LogP contribution is 2.37. The van der Waals surface area contributed by atoms with Crippen molar-refractivity contribution >= 4 is 0 Å². The summed E-state index contributed by atoms with van der Waals surface area (Å²) in [5.74, 6) is 0. The van der Waals surface area contributed by atoms with Crippen LogP contribution in [0.25, 0.3) is 0 Å². The lowest BCUT2D eigenvalue weighted by atomic mass is 9.98. The lowest BCUT2D eigenvalue weighted by molar-refractivity contribution is -0.0283. The molecule has 2 aromatic carbocycles. The standard InChI is InChI=1S/C23H29NO/c1-3-8-19(9-4-1)12-7-15-24-21-13-14-22(24)17-23(16-21)25-18-20-10-5-2-6-11-20/h1-6,8-11,21-23H,7,12-18H2/t21-,22+,23?. The molecule has 2 heteroatoms. The molecular weight excluding hydrogens is 306 g/mol. The first-order valence-corrected chi connectivity index (χ1v) is 9.83. The molecule has 0 N–H and O–H groups in total. The van der Waals surface area contributed by atoms with Gasteiger partial charge >= 0.3 is 0 Å². The zero-order valence-corrected chi connectivity index (χ0v) is 15.0. The van der Waals surface area contributed by atoms with Gasteiger partial charge in [0.25, 0.3) is 0 Å². The molecule has 0 aromatic heterocycles. The molecule has 0 radical (unpaired) electrons. The molecule has 0 saturated carbocycles. The van der Waals surface area contributed by atoms with Crippen molar-refractivity contribution in [3.05, 3.63) is 71.8 Å². The van der Waals surface area contributed by atoms with Gasteiger partial charge in [-0.05, 0) is 56.2 Å². The summed E-state index contributed by atoms with van der Waals surface area (Å²) in [6.45, 7) is 2.01. The minimum Gasteiger partial charge on any atom is -0.373 e. The van der Waals surface area contributed by atoms with E-state index in [0.29, 0.717) is 6.10 Å². The monoisotopic (exact) mass is 335 g/mol. The summed E-state index contributed by atoms with van der Waals surface area (Å²) in [4.78, 5) is 2.78. The second kappa shape index (κ2) is 8.16. The van der Waals surface area contributed by atoms with E-state index < -0.39 is 0 Å². The third-order valence-electron chi connectivity index (χ3n) is 5.89. The van der Waals surface area contributed by atoms with E-state index in [0.717, 1.165) is 18.7 Å². The fourth-order valence-corrected chi connectivity index (χ4v) is 4.62. The molecule has 1 unspecified atom stereocenters. The van der Waals surface area contributed by atoms with Crippen LogP contribution in [0, 0.1) is 0 Å². The van der Waals surface area contributed by atoms with Crippen molar-refractivity contribution in [3.63, 3.8) is 0 Å². The van der Waals surface area contributed by atoms with E-state index in [1.54, 1.807) is 0 Å². The van der Waals surface area contributed by atoms with Crippen molar-refractivity contribution in [2.75, 3.05) is 6.54 Å². The van der Waals surface area contributed by atoms with Gasteiger partial charge < -0.3 is 4.74 Å². The van der Waals surface area contributed by atoms with Gasteiger partial charge in [0.15, 0.2) is 0 Å². The molecule has 2 saturated heterocycles. The molecule has 2 fully saturated rings. The van der Waals surface area contributed by atoms with Crippen LogP contribution in [0.1, 0.15) is 43.2 Å². The van der Waals surface area contributed by atoms with Gasteiger partial charge in [-0.3, -0.25) is 4.90 Å². The average molecular weight is 335 g/mol. The number of rotatable bonds is 7.